The molecule has 138 valence electrons. The molecule has 6 nitrogen and oxygen atoms in total. The third kappa shape index (κ3) is 3.86. The number of piperidine rings is 1. The third-order valence-corrected chi connectivity index (χ3v) is 5.16. The molecule has 1 fully saturated rings. The van der Waals surface area contributed by atoms with Crippen LogP contribution in [0.3, 0.4) is 0 Å². The number of pyridine rings is 1. The van der Waals surface area contributed by atoms with Crippen molar-refractivity contribution >= 4 is 45.9 Å². The van der Waals surface area contributed by atoms with E-state index in [2.05, 4.69) is 4.98 Å². The zero-order chi connectivity index (χ0) is 18.8. The first-order valence-corrected chi connectivity index (χ1v) is 9.07. The van der Waals surface area contributed by atoms with Crippen molar-refractivity contribution < 1.29 is 14.3 Å². The van der Waals surface area contributed by atoms with Gasteiger partial charge in [0.2, 0.25) is 5.91 Å². The quantitative estimate of drug-likeness (QED) is 0.861. The van der Waals surface area contributed by atoms with Crippen LogP contribution in [0.1, 0.15) is 18.5 Å². The summed E-state index contributed by atoms with van der Waals surface area (Å²) < 4.78 is 5.71. The summed E-state index contributed by atoms with van der Waals surface area (Å²) in [6.07, 6.45) is 1.15. The highest BCUT2D eigenvalue weighted by atomic mass is 35.5. The lowest BCUT2D eigenvalue weighted by molar-refractivity contribution is -0.136. The summed E-state index contributed by atoms with van der Waals surface area (Å²) in [5, 5.41) is 1.50. The Morgan fingerprint density at radius 1 is 1.27 bits per heavy atom. The molecular formula is C18H19Cl2N3O3. The van der Waals surface area contributed by atoms with Crippen LogP contribution in [0, 0.1) is 12.8 Å². The van der Waals surface area contributed by atoms with Gasteiger partial charge < -0.3 is 15.4 Å². The second-order valence-corrected chi connectivity index (χ2v) is 7.18. The van der Waals surface area contributed by atoms with Crippen molar-refractivity contribution in [3.8, 4) is 5.75 Å². The average Bonchev–Trinajstić information content (AvgIpc) is 2.61. The van der Waals surface area contributed by atoms with E-state index in [1.807, 2.05) is 19.1 Å². The van der Waals surface area contributed by atoms with Gasteiger partial charge in [0, 0.05) is 30.1 Å². The third-order valence-electron chi connectivity index (χ3n) is 4.57. The van der Waals surface area contributed by atoms with Crippen LogP contribution >= 0.6 is 23.2 Å². The molecule has 0 spiro atoms. The second-order valence-electron chi connectivity index (χ2n) is 6.36. The molecule has 0 radical (unpaired) electrons. The SMILES string of the molecule is Cc1ccc2c(Cl)cc(Cl)c(OCC(=O)N3CCC(C(N)=O)CC3)c2n1. The molecule has 1 aromatic carbocycles. The minimum atomic E-state index is -0.311. The maximum Gasteiger partial charge on any atom is 0.260 e. The number of nitrogens with two attached hydrogens (primary N) is 1. The summed E-state index contributed by atoms with van der Waals surface area (Å²) >= 11 is 12.5. The van der Waals surface area contributed by atoms with Crippen molar-refractivity contribution in [2.45, 2.75) is 19.8 Å². The lowest BCUT2D eigenvalue weighted by Gasteiger charge is -2.30. The molecule has 0 bridgehead atoms. The zero-order valence-electron chi connectivity index (χ0n) is 14.3. The van der Waals surface area contributed by atoms with Crippen molar-refractivity contribution in [2.24, 2.45) is 11.7 Å². The predicted molar refractivity (Wildman–Crippen MR) is 100 cm³/mol. The Labute approximate surface area is 161 Å². The number of amides is 2. The van der Waals surface area contributed by atoms with Crippen LogP contribution in [0.15, 0.2) is 18.2 Å². The number of hydrogen-bond acceptors (Lipinski definition) is 4. The van der Waals surface area contributed by atoms with Gasteiger partial charge >= 0.3 is 0 Å². The molecule has 8 heteroatoms. The summed E-state index contributed by atoms with van der Waals surface area (Å²) in [4.78, 5) is 29.8. The van der Waals surface area contributed by atoms with Crippen LogP contribution < -0.4 is 10.5 Å². The number of rotatable bonds is 4. The Balaban J connectivity index is 1.73. The fourth-order valence-electron chi connectivity index (χ4n) is 3.07. The highest BCUT2D eigenvalue weighted by Crippen LogP contribution is 2.37. The molecule has 2 aromatic rings. The van der Waals surface area contributed by atoms with E-state index in [0.29, 0.717) is 52.6 Å². The Kier molecular flexibility index (Phi) is 5.53. The first kappa shape index (κ1) is 18.7. The summed E-state index contributed by atoms with van der Waals surface area (Å²) in [6.45, 7) is 2.67. The van der Waals surface area contributed by atoms with Crippen molar-refractivity contribution in [3.63, 3.8) is 0 Å². The summed E-state index contributed by atoms with van der Waals surface area (Å²) in [5.41, 5.74) is 6.64. The van der Waals surface area contributed by atoms with Gasteiger partial charge in [0.25, 0.3) is 5.91 Å². The van der Waals surface area contributed by atoms with E-state index in [1.165, 1.54) is 0 Å². The standard InChI is InChI=1S/C18H19Cl2N3O3/c1-10-2-3-12-13(19)8-14(20)17(16(12)22-10)26-9-15(24)23-6-4-11(5-7-23)18(21)25/h2-3,8,11H,4-7,9H2,1H3,(H2,21,25). The van der Waals surface area contributed by atoms with Crippen molar-refractivity contribution in [2.75, 3.05) is 19.7 Å². The number of hydrogen-bond donors (Lipinski definition) is 1. The first-order chi connectivity index (χ1) is 12.4. The lowest BCUT2D eigenvalue weighted by atomic mass is 9.96. The average molecular weight is 396 g/mol. The molecule has 26 heavy (non-hydrogen) atoms. The zero-order valence-corrected chi connectivity index (χ0v) is 15.8. The number of aromatic nitrogens is 1. The number of nitrogens with zero attached hydrogens (tertiary/aromatic N) is 2. The summed E-state index contributed by atoms with van der Waals surface area (Å²) in [5.74, 6) is -0.300. The molecule has 2 N–H and O–H groups in total. The minimum absolute atomic E-state index is 0.159. The topological polar surface area (TPSA) is 85.5 Å². The molecule has 0 aliphatic carbocycles. The maximum absolute atomic E-state index is 12.4. The Hall–Kier alpha value is -2.05. The normalized spacial score (nSPS) is 15.3. The Bertz CT molecular complexity index is 864. The molecule has 1 aromatic heterocycles. The van der Waals surface area contributed by atoms with Gasteiger partial charge in [-0.2, -0.15) is 0 Å². The fraction of sp³-hybridized carbons (Fsp3) is 0.389. The van der Waals surface area contributed by atoms with Crippen molar-refractivity contribution in [3.05, 3.63) is 33.9 Å². The number of benzene rings is 1. The molecular weight excluding hydrogens is 377 g/mol. The van der Waals surface area contributed by atoms with Gasteiger partial charge in [0.15, 0.2) is 12.4 Å². The number of halogens is 2. The molecule has 2 heterocycles. The maximum atomic E-state index is 12.4. The van der Waals surface area contributed by atoms with Crippen LogP contribution in [0.4, 0.5) is 0 Å². The van der Waals surface area contributed by atoms with Gasteiger partial charge in [-0.3, -0.25) is 9.59 Å². The molecule has 0 saturated carbocycles. The van der Waals surface area contributed by atoms with Crippen molar-refractivity contribution in [1.82, 2.24) is 9.88 Å². The number of carbonyl (C=O) groups is 2. The van der Waals surface area contributed by atoms with Crippen LogP contribution in [-0.4, -0.2) is 41.4 Å². The van der Waals surface area contributed by atoms with Crippen molar-refractivity contribution in [1.29, 1.82) is 0 Å². The van der Waals surface area contributed by atoms with Crippen LogP contribution in [0.2, 0.25) is 10.0 Å². The van der Waals surface area contributed by atoms with Gasteiger partial charge in [-0.1, -0.05) is 23.2 Å². The fourth-order valence-corrected chi connectivity index (χ4v) is 3.64. The number of carbonyl (C=O) groups excluding carboxylic acids is 2. The Morgan fingerprint density at radius 3 is 2.62 bits per heavy atom. The largest absolute Gasteiger partial charge is 0.480 e. The number of ether oxygens (including phenoxy) is 1. The molecule has 0 atom stereocenters. The van der Waals surface area contributed by atoms with Crippen LogP contribution in [-0.2, 0) is 9.59 Å². The monoisotopic (exact) mass is 395 g/mol. The number of fused-ring (bicyclic) bond motifs is 1. The van der Waals surface area contributed by atoms with E-state index in [4.69, 9.17) is 33.7 Å². The van der Waals surface area contributed by atoms with Gasteiger partial charge in [0.05, 0.1) is 10.0 Å². The number of likely N-dealkylation sites (tertiary alicyclic amines) is 1. The molecule has 1 aliphatic rings. The molecule has 0 unspecified atom stereocenters. The van der Waals surface area contributed by atoms with Gasteiger partial charge in [0.1, 0.15) is 5.52 Å². The van der Waals surface area contributed by atoms with Crippen LogP contribution in [0.5, 0.6) is 5.75 Å². The van der Waals surface area contributed by atoms with E-state index in [0.717, 1.165) is 5.69 Å². The predicted octanol–water partition coefficient (Wildman–Crippen LogP) is 2.95. The molecule has 3 rings (SSSR count). The second kappa shape index (κ2) is 7.68. The minimum Gasteiger partial charge on any atom is -0.480 e. The molecule has 2 amide bonds. The van der Waals surface area contributed by atoms with E-state index < -0.39 is 0 Å². The summed E-state index contributed by atoms with van der Waals surface area (Å²) in [6, 6.07) is 5.28. The molecule has 1 saturated heterocycles. The van der Waals surface area contributed by atoms with Gasteiger partial charge in [-0.25, -0.2) is 4.98 Å². The van der Waals surface area contributed by atoms with E-state index in [1.54, 1.807) is 11.0 Å². The van der Waals surface area contributed by atoms with E-state index in [-0.39, 0.29) is 24.3 Å². The highest BCUT2D eigenvalue weighted by Gasteiger charge is 2.26. The first-order valence-electron chi connectivity index (χ1n) is 8.32. The molecule has 1 aliphatic heterocycles. The number of aryl methyl sites for hydroxylation is 1. The van der Waals surface area contributed by atoms with E-state index >= 15 is 0 Å². The van der Waals surface area contributed by atoms with Gasteiger partial charge in [-0.05, 0) is 38.0 Å². The highest BCUT2D eigenvalue weighted by molar-refractivity contribution is 6.39. The van der Waals surface area contributed by atoms with Crippen LogP contribution in [0.25, 0.3) is 10.9 Å². The lowest BCUT2D eigenvalue weighted by Crippen LogP contribution is -2.43. The Morgan fingerprint density at radius 2 is 1.96 bits per heavy atom. The van der Waals surface area contributed by atoms with E-state index in [9.17, 15) is 9.59 Å². The smallest absolute Gasteiger partial charge is 0.260 e. The van der Waals surface area contributed by atoms with Gasteiger partial charge in [-0.15, -0.1) is 0 Å². The summed E-state index contributed by atoms with van der Waals surface area (Å²) in [7, 11) is 0. The number of primary amides is 1.